The van der Waals surface area contributed by atoms with Gasteiger partial charge in [0, 0.05) is 37.5 Å². The van der Waals surface area contributed by atoms with Gasteiger partial charge in [0.05, 0.1) is 0 Å². The monoisotopic (exact) mass is 380 g/mol. The predicted molar refractivity (Wildman–Crippen MR) is 111 cm³/mol. The molecule has 0 bridgehead atoms. The summed E-state index contributed by atoms with van der Waals surface area (Å²) in [5.74, 6) is 0.442. The van der Waals surface area contributed by atoms with Crippen molar-refractivity contribution in [2.45, 2.75) is 39.2 Å². The number of aromatic nitrogens is 1. The highest BCUT2D eigenvalue weighted by molar-refractivity contribution is 5.99. The Hall–Kier alpha value is -2.89. The number of nitrogens with two attached hydrogens (primary N) is 1. The van der Waals surface area contributed by atoms with E-state index in [4.69, 9.17) is 5.73 Å². The van der Waals surface area contributed by atoms with Crippen LogP contribution < -0.4 is 5.73 Å². The first kappa shape index (κ1) is 19.9. The second-order valence-corrected chi connectivity index (χ2v) is 7.42. The number of hydrogen-bond acceptors (Lipinski definition) is 4. The van der Waals surface area contributed by atoms with Crippen LogP contribution in [0.2, 0.25) is 0 Å². The van der Waals surface area contributed by atoms with Crippen molar-refractivity contribution in [1.82, 2.24) is 14.8 Å². The second-order valence-electron chi connectivity index (χ2n) is 7.42. The van der Waals surface area contributed by atoms with Gasteiger partial charge in [0.2, 0.25) is 5.91 Å². The summed E-state index contributed by atoms with van der Waals surface area (Å²) in [6.07, 6.45) is 4.33. The first-order valence-corrected chi connectivity index (χ1v) is 9.81. The molecule has 1 saturated heterocycles. The van der Waals surface area contributed by atoms with Crippen LogP contribution in [0.4, 0.5) is 5.82 Å². The minimum absolute atomic E-state index is 0.0302. The summed E-state index contributed by atoms with van der Waals surface area (Å²) in [6, 6.07) is 9.09. The average Bonchev–Trinajstić information content (AvgIpc) is 2.70. The molecule has 1 aliphatic rings. The quantitative estimate of drug-likeness (QED) is 0.864. The standard InChI is InChI=1S/C22H28N4O2/c1-4-5-9-19-22(28)25(3)10-11-26(19)21(27)17-8-6-7-16(13-17)18-12-15(2)20(23)24-14-18/h6-8,12-14,19H,4-5,9-11H2,1-3H3,(H2,23,24). The van der Waals surface area contributed by atoms with Crippen LogP contribution in [0.3, 0.4) is 0 Å². The third-order valence-corrected chi connectivity index (χ3v) is 5.37. The maximum absolute atomic E-state index is 13.2. The van der Waals surface area contributed by atoms with Crippen LogP contribution in [0.5, 0.6) is 0 Å². The lowest BCUT2D eigenvalue weighted by Gasteiger charge is -2.39. The Balaban J connectivity index is 1.88. The molecule has 1 aromatic carbocycles. The number of nitrogen functional groups attached to an aromatic ring is 1. The van der Waals surface area contributed by atoms with E-state index >= 15 is 0 Å². The fraction of sp³-hybridized carbons (Fsp3) is 0.409. The number of nitrogens with zero attached hydrogens (tertiary/aromatic N) is 3. The molecule has 1 aliphatic heterocycles. The van der Waals surface area contributed by atoms with Gasteiger partial charge in [-0.1, -0.05) is 31.9 Å². The number of amides is 2. The van der Waals surface area contributed by atoms with Crippen LogP contribution in [-0.2, 0) is 4.79 Å². The summed E-state index contributed by atoms with van der Waals surface area (Å²) in [5.41, 5.74) is 9.13. The molecule has 3 rings (SSSR count). The number of unbranched alkanes of at least 4 members (excludes halogenated alkanes) is 1. The van der Waals surface area contributed by atoms with Gasteiger partial charge in [-0.15, -0.1) is 0 Å². The fourth-order valence-corrected chi connectivity index (χ4v) is 3.57. The lowest BCUT2D eigenvalue weighted by molar-refractivity contribution is -0.138. The zero-order valence-electron chi connectivity index (χ0n) is 16.8. The van der Waals surface area contributed by atoms with Crippen molar-refractivity contribution < 1.29 is 9.59 Å². The van der Waals surface area contributed by atoms with Crippen molar-refractivity contribution in [1.29, 1.82) is 0 Å². The Morgan fingerprint density at radius 2 is 2.04 bits per heavy atom. The number of benzene rings is 1. The lowest BCUT2D eigenvalue weighted by atomic mass is 10.00. The van der Waals surface area contributed by atoms with Gasteiger partial charge in [0.15, 0.2) is 0 Å². The highest BCUT2D eigenvalue weighted by atomic mass is 16.2. The number of carbonyl (C=O) groups is 2. The van der Waals surface area contributed by atoms with E-state index < -0.39 is 0 Å². The number of rotatable bonds is 5. The molecule has 0 radical (unpaired) electrons. The minimum atomic E-state index is -0.379. The molecule has 2 amide bonds. The third-order valence-electron chi connectivity index (χ3n) is 5.37. The Labute approximate surface area is 166 Å². The number of pyridine rings is 1. The molecular formula is C22H28N4O2. The van der Waals surface area contributed by atoms with Gasteiger partial charge in [-0.3, -0.25) is 9.59 Å². The molecule has 1 unspecified atom stereocenters. The molecule has 0 spiro atoms. The molecular weight excluding hydrogens is 352 g/mol. The maximum atomic E-state index is 13.2. The maximum Gasteiger partial charge on any atom is 0.254 e. The molecule has 0 saturated carbocycles. The molecule has 28 heavy (non-hydrogen) atoms. The second kappa shape index (κ2) is 8.42. The molecule has 1 fully saturated rings. The van der Waals surface area contributed by atoms with Crippen LogP contribution >= 0.6 is 0 Å². The summed E-state index contributed by atoms with van der Waals surface area (Å²) in [5, 5.41) is 0. The van der Waals surface area contributed by atoms with E-state index in [-0.39, 0.29) is 17.9 Å². The summed E-state index contributed by atoms with van der Waals surface area (Å²) in [4.78, 5) is 33.6. The predicted octanol–water partition coefficient (Wildman–Crippen LogP) is 3.11. The van der Waals surface area contributed by atoms with Crippen molar-refractivity contribution in [2.75, 3.05) is 25.9 Å². The molecule has 2 N–H and O–H groups in total. The SMILES string of the molecule is CCCCC1C(=O)N(C)CCN1C(=O)c1cccc(-c2cnc(N)c(C)c2)c1. The van der Waals surface area contributed by atoms with Gasteiger partial charge in [-0.05, 0) is 42.7 Å². The Kier molecular flexibility index (Phi) is 5.97. The van der Waals surface area contributed by atoms with Gasteiger partial charge >= 0.3 is 0 Å². The first-order valence-electron chi connectivity index (χ1n) is 9.81. The number of likely N-dealkylation sites (N-methyl/N-ethyl adjacent to an activating group) is 1. The third kappa shape index (κ3) is 4.01. The van der Waals surface area contributed by atoms with E-state index in [1.165, 1.54) is 0 Å². The highest BCUT2D eigenvalue weighted by Crippen LogP contribution is 2.25. The fourth-order valence-electron chi connectivity index (χ4n) is 3.57. The van der Waals surface area contributed by atoms with Crippen LogP contribution in [0, 0.1) is 6.92 Å². The molecule has 2 aromatic rings. The number of carbonyl (C=O) groups excluding carboxylic acids is 2. The Morgan fingerprint density at radius 1 is 1.25 bits per heavy atom. The topological polar surface area (TPSA) is 79.5 Å². The Bertz CT molecular complexity index is 881. The summed E-state index contributed by atoms with van der Waals surface area (Å²) >= 11 is 0. The van der Waals surface area contributed by atoms with Crippen molar-refractivity contribution >= 4 is 17.6 Å². The number of piperazine rings is 1. The number of anilines is 1. The van der Waals surface area contributed by atoms with E-state index in [9.17, 15) is 9.59 Å². The molecule has 148 valence electrons. The molecule has 1 aromatic heterocycles. The van der Waals surface area contributed by atoms with Crippen molar-refractivity contribution in [3.63, 3.8) is 0 Å². The zero-order chi connectivity index (χ0) is 20.3. The van der Waals surface area contributed by atoms with Gasteiger partial charge in [0.1, 0.15) is 11.9 Å². The van der Waals surface area contributed by atoms with Crippen molar-refractivity contribution in [2.24, 2.45) is 0 Å². The zero-order valence-corrected chi connectivity index (χ0v) is 16.8. The number of aryl methyl sites for hydroxylation is 1. The van der Waals surface area contributed by atoms with Crippen LogP contribution in [0.1, 0.15) is 42.1 Å². The molecule has 1 atom stereocenters. The smallest absolute Gasteiger partial charge is 0.254 e. The lowest BCUT2D eigenvalue weighted by Crippen LogP contribution is -2.57. The first-order chi connectivity index (χ1) is 13.4. The normalized spacial score (nSPS) is 17.1. The van der Waals surface area contributed by atoms with Gasteiger partial charge < -0.3 is 15.5 Å². The van der Waals surface area contributed by atoms with Gasteiger partial charge in [-0.2, -0.15) is 0 Å². The average molecular weight is 380 g/mol. The Morgan fingerprint density at radius 3 is 2.75 bits per heavy atom. The van der Waals surface area contributed by atoms with Crippen molar-refractivity contribution in [3.8, 4) is 11.1 Å². The van der Waals surface area contributed by atoms with Crippen LogP contribution in [0.25, 0.3) is 11.1 Å². The largest absolute Gasteiger partial charge is 0.383 e. The van der Waals surface area contributed by atoms with Gasteiger partial charge in [-0.25, -0.2) is 4.98 Å². The summed E-state index contributed by atoms with van der Waals surface area (Å²) < 4.78 is 0. The summed E-state index contributed by atoms with van der Waals surface area (Å²) in [7, 11) is 1.81. The van der Waals surface area contributed by atoms with E-state index in [1.54, 1.807) is 23.0 Å². The van der Waals surface area contributed by atoms with Gasteiger partial charge in [0.25, 0.3) is 5.91 Å². The summed E-state index contributed by atoms with van der Waals surface area (Å²) in [6.45, 7) is 5.13. The molecule has 2 heterocycles. The van der Waals surface area contributed by atoms with E-state index in [0.717, 1.165) is 29.5 Å². The van der Waals surface area contributed by atoms with Crippen LogP contribution in [-0.4, -0.2) is 52.8 Å². The molecule has 0 aliphatic carbocycles. The van der Waals surface area contributed by atoms with E-state index in [2.05, 4.69) is 11.9 Å². The molecule has 6 nitrogen and oxygen atoms in total. The van der Waals surface area contributed by atoms with Crippen LogP contribution in [0.15, 0.2) is 36.5 Å². The van der Waals surface area contributed by atoms with E-state index in [1.807, 2.05) is 37.3 Å². The number of hydrogen-bond donors (Lipinski definition) is 1. The molecule has 6 heteroatoms. The van der Waals surface area contributed by atoms with Crippen molar-refractivity contribution in [3.05, 3.63) is 47.7 Å². The highest BCUT2D eigenvalue weighted by Gasteiger charge is 2.35. The van der Waals surface area contributed by atoms with E-state index in [0.29, 0.717) is 30.9 Å². The minimum Gasteiger partial charge on any atom is -0.383 e.